The normalized spacial score (nSPS) is 8.17. The molecular formula is C2H7N2OS+. The molecule has 0 aliphatic heterocycles. The van der Waals surface area contributed by atoms with Crippen molar-refractivity contribution < 1.29 is 9.59 Å². The fourth-order valence-corrected chi connectivity index (χ4v) is 0.289. The van der Waals surface area contributed by atoms with E-state index in [9.17, 15) is 0 Å². The third kappa shape index (κ3) is 3.78. The Balaban J connectivity index is 2.83. The number of nitrogens with two attached hydrogens (primary N) is 2. The average Bonchev–Trinajstić information content (AvgIpc) is 1.35. The Hall–Kier alpha value is -0.220. The molecule has 4 N–H and O–H groups in total. The molecule has 4 heteroatoms. The Labute approximate surface area is 40.6 Å². The van der Waals surface area contributed by atoms with Crippen molar-refractivity contribution in [3.63, 3.8) is 0 Å². The molecule has 0 fully saturated rings. The molecule has 0 atom stereocenters. The number of amidine groups is 1. The molecule has 0 aliphatic carbocycles. The van der Waals surface area contributed by atoms with Crippen molar-refractivity contribution in [1.82, 2.24) is 0 Å². The van der Waals surface area contributed by atoms with Gasteiger partial charge in [-0.1, -0.05) is 0 Å². The van der Waals surface area contributed by atoms with Crippen LogP contribution in [0.15, 0.2) is 0 Å². The van der Waals surface area contributed by atoms with Gasteiger partial charge in [0.05, 0.1) is 7.11 Å². The molecule has 0 bridgehead atoms. The van der Waals surface area contributed by atoms with E-state index in [1.807, 2.05) is 0 Å². The zero-order valence-electron chi connectivity index (χ0n) is 3.47. The highest BCUT2D eigenvalue weighted by Crippen LogP contribution is 1.90. The first-order chi connectivity index (χ1) is 2.77. The molecular weight excluding hydrogens is 100 g/mol. The van der Waals surface area contributed by atoms with E-state index in [2.05, 4.69) is 4.18 Å². The van der Waals surface area contributed by atoms with E-state index in [0.717, 1.165) is 12.0 Å². The second kappa shape index (κ2) is 2.99. The summed E-state index contributed by atoms with van der Waals surface area (Å²) in [5.41, 5.74) is 4.94. The lowest BCUT2D eigenvalue weighted by Gasteiger charge is -1.80. The minimum absolute atomic E-state index is 0.234. The SMILES string of the molecule is COSC(N)=[NH2+]. The van der Waals surface area contributed by atoms with Gasteiger partial charge in [-0.15, -0.1) is 0 Å². The van der Waals surface area contributed by atoms with Crippen molar-refractivity contribution in [3.05, 3.63) is 0 Å². The molecule has 0 spiro atoms. The van der Waals surface area contributed by atoms with Gasteiger partial charge in [0.2, 0.25) is 0 Å². The van der Waals surface area contributed by atoms with Gasteiger partial charge in [0.15, 0.2) is 0 Å². The van der Waals surface area contributed by atoms with Gasteiger partial charge in [-0.25, -0.2) is 0 Å². The lowest BCUT2D eigenvalue weighted by molar-refractivity contribution is -0.110. The molecule has 0 radical (unpaired) electrons. The maximum Gasteiger partial charge on any atom is 0.327 e. The molecule has 0 aromatic rings. The van der Waals surface area contributed by atoms with Crippen LogP contribution in [-0.2, 0) is 4.18 Å². The lowest BCUT2D eigenvalue weighted by atomic mass is 11.4. The summed E-state index contributed by atoms with van der Waals surface area (Å²) in [5, 5.41) is 5.17. The zero-order chi connectivity index (χ0) is 4.99. The first kappa shape index (κ1) is 5.78. The van der Waals surface area contributed by atoms with Crippen LogP contribution in [0.5, 0.6) is 0 Å². The minimum Gasteiger partial charge on any atom is -0.308 e. The van der Waals surface area contributed by atoms with Crippen LogP contribution >= 0.6 is 12.0 Å². The lowest BCUT2D eigenvalue weighted by Crippen LogP contribution is -2.43. The third-order valence-corrected chi connectivity index (χ3v) is 0.539. The van der Waals surface area contributed by atoms with Crippen LogP contribution < -0.4 is 11.1 Å². The van der Waals surface area contributed by atoms with E-state index in [-0.39, 0.29) is 5.17 Å². The molecule has 0 unspecified atom stereocenters. The van der Waals surface area contributed by atoms with Crippen molar-refractivity contribution in [1.29, 1.82) is 0 Å². The van der Waals surface area contributed by atoms with E-state index in [4.69, 9.17) is 11.1 Å². The molecule has 0 saturated carbocycles. The molecule has 6 heavy (non-hydrogen) atoms. The van der Waals surface area contributed by atoms with Crippen LogP contribution in [0, 0.1) is 0 Å². The zero-order valence-corrected chi connectivity index (χ0v) is 4.29. The van der Waals surface area contributed by atoms with E-state index in [1.165, 1.54) is 7.11 Å². The highest BCUT2D eigenvalue weighted by atomic mass is 32.2. The summed E-state index contributed by atoms with van der Waals surface area (Å²) in [5.74, 6) is 0. The van der Waals surface area contributed by atoms with E-state index < -0.39 is 0 Å². The van der Waals surface area contributed by atoms with Crippen LogP contribution in [0.25, 0.3) is 0 Å². The predicted octanol–water partition coefficient (Wildman–Crippen LogP) is -1.65. The van der Waals surface area contributed by atoms with Crippen molar-refractivity contribution in [2.45, 2.75) is 0 Å². The first-order valence-electron chi connectivity index (χ1n) is 1.36. The standard InChI is InChI=1S/C2H6N2OS/c1-5-6-2(3)4/h1H3,(H3,3,4)/p+1. The highest BCUT2D eigenvalue weighted by Gasteiger charge is 1.89. The van der Waals surface area contributed by atoms with Crippen LogP contribution in [0.1, 0.15) is 0 Å². The Morgan fingerprint density at radius 1 is 2.00 bits per heavy atom. The number of hydrogen-bond donors (Lipinski definition) is 2. The van der Waals surface area contributed by atoms with Crippen LogP contribution in [0.2, 0.25) is 0 Å². The van der Waals surface area contributed by atoms with Gasteiger partial charge in [0.1, 0.15) is 12.0 Å². The quantitative estimate of drug-likeness (QED) is 0.240. The predicted molar refractivity (Wildman–Crippen MR) is 25.7 cm³/mol. The highest BCUT2D eigenvalue weighted by molar-refractivity contribution is 8.09. The molecule has 0 amide bonds. The Morgan fingerprint density at radius 3 is 2.50 bits per heavy atom. The molecule has 3 nitrogen and oxygen atoms in total. The molecule has 0 aromatic carbocycles. The van der Waals surface area contributed by atoms with Crippen LogP contribution in [0.4, 0.5) is 0 Å². The number of hydrogen-bond acceptors (Lipinski definition) is 2. The molecule has 0 rings (SSSR count). The topological polar surface area (TPSA) is 60.8 Å². The second-order valence-electron chi connectivity index (χ2n) is 0.652. The van der Waals surface area contributed by atoms with Crippen molar-refractivity contribution in [2.24, 2.45) is 5.73 Å². The van der Waals surface area contributed by atoms with Crippen molar-refractivity contribution in [3.8, 4) is 0 Å². The smallest absolute Gasteiger partial charge is 0.308 e. The molecule has 0 heterocycles. The molecule has 0 aliphatic rings. The Kier molecular flexibility index (Phi) is 2.88. The summed E-state index contributed by atoms with van der Waals surface area (Å²) >= 11 is 0.958. The Bertz CT molecular complexity index is 55.5. The van der Waals surface area contributed by atoms with Gasteiger partial charge in [-0.05, 0) is 0 Å². The summed E-state index contributed by atoms with van der Waals surface area (Å²) in [6, 6.07) is 0. The van der Waals surface area contributed by atoms with Gasteiger partial charge in [-0.3, -0.25) is 11.1 Å². The fourth-order valence-electron chi connectivity index (χ4n) is 0.0962. The molecule has 0 saturated heterocycles. The summed E-state index contributed by atoms with van der Waals surface area (Å²) in [4.78, 5) is 0. The Morgan fingerprint density at radius 2 is 2.50 bits per heavy atom. The minimum atomic E-state index is 0.234. The first-order valence-corrected chi connectivity index (χ1v) is 2.10. The fraction of sp³-hybridized carbons (Fsp3) is 0.500. The average molecular weight is 107 g/mol. The monoisotopic (exact) mass is 107 g/mol. The van der Waals surface area contributed by atoms with E-state index in [0.29, 0.717) is 0 Å². The van der Waals surface area contributed by atoms with Crippen molar-refractivity contribution >= 4 is 17.2 Å². The molecule has 36 valence electrons. The maximum atomic E-state index is 4.94. The molecule has 0 aromatic heterocycles. The maximum absolute atomic E-state index is 4.94. The van der Waals surface area contributed by atoms with Gasteiger partial charge < -0.3 is 4.18 Å². The van der Waals surface area contributed by atoms with Crippen molar-refractivity contribution in [2.75, 3.05) is 7.11 Å². The van der Waals surface area contributed by atoms with E-state index in [1.54, 1.807) is 0 Å². The summed E-state index contributed by atoms with van der Waals surface area (Å²) in [6.07, 6.45) is 0. The number of rotatable bonds is 1. The van der Waals surface area contributed by atoms with Gasteiger partial charge >= 0.3 is 5.17 Å². The summed E-state index contributed by atoms with van der Waals surface area (Å²) in [7, 11) is 1.50. The third-order valence-electron chi connectivity index (χ3n) is 0.180. The van der Waals surface area contributed by atoms with Crippen LogP contribution in [-0.4, -0.2) is 12.3 Å². The second-order valence-corrected chi connectivity index (χ2v) is 1.62. The van der Waals surface area contributed by atoms with Gasteiger partial charge in [0, 0.05) is 0 Å². The van der Waals surface area contributed by atoms with E-state index >= 15 is 0 Å². The van der Waals surface area contributed by atoms with Gasteiger partial charge in [0.25, 0.3) is 0 Å². The largest absolute Gasteiger partial charge is 0.327 e. The van der Waals surface area contributed by atoms with Gasteiger partial charge in [-0.2, -0.15) is 0 Å². The summed E-state index contributed by atoms with van der Waals surface area (Å²) in [6.45, 7) is 0. The van der Waals surface area contributed by atoms with Crippen LogP contribution in [0.3, 0.4) is 0 Å². The summed E-state index contributed by atoms with van der Waals surface area (Å²) < 4.78 is 4.43.